The number of anilines is 1. The van der Waals surface area contributed by atoms with Gasteiger partial charge in [0.15, 0.2) is 0 Å². The number of non-ortho nitro benzene ring substituents is 1. The lowest BCUT2D eigenvalue weighted by Gasteiger charge is -2.11. The number of nitro groups is 1. The van der Waals surface area contributed by atoms with Crippen LogP contribution in [0.15, 0.2) is 42.5 Å². The number of nitrogens with one attached hydrogen (secondary N) is 1. The predicted octanol–water partition coefficient (Wildman–Crippen LogP) is 3.70. The average molecular weight is 391 g/mol. The Morgan fingerprint density at radius 2 is 1.96 bits per heavy atom. The third-order valence-electron chi connectivity index (χ3n) is 3.46. The summed E-state index contributed by atoms with van der Waals surface area (Å²) in [5.74, 6) is -0.960. The van der Waals surface area contributed by atoms with E-state index in [1.807, 2.05) is 0 Å². The number of hydrogen-bond acceptors (Lipinski definition) is 6. The van der Waals surface area contributed by atoms with Crippen LogP contribution >= 0.6 is 11.6 Å². The van der Waals surface area contributed by atoms with Crippen molar-refractivity contribution in [1.29, 1.82) is 0 Å². The fourth-order valence-electron chi connectivity index (χ4n) is 2.18. The third kappa shape index (κ3) is 5.05. The third-order valence-corrected chi connectivity index (χ3v) is 3.77. The molecule has 0 aliphatic rings. The Morgan fingerprint density at radius 3 is 2.59 bits per heavy atom. The Kier molecular flexibility index (Phi) is 6.51. The summed E-state index contributed by atoms with van der Waals surface area (Å²) in [4.78, 5) is 34.1. The number of ether oxygens (including phenoxy) is 2. The molecule has 2 rings (SSSR count). The molecule has 0 fully saturated rings. The molecule has 0 saturated carbocycles. The molecule has 8 nitrogen and oxygen atoms in total. The van der Waals surface area contributed by atoms with E-state index in [-0.39, 0.29) is 27.7 Å². The minimum atomic E-state index is -0.628. The molecule has 0 heterocycles. The van der Waals surface area contributed by atoms with Crippen LogP contribution < -0.4 is 10.1 Å². The molecule has 27 heavy (non-hydrogen) atoms. The largest absolute Gasteiger partial charge is 0.496 e. The van der Waals surface area contributed by atoms with Crippen molar-refractivity contribution in [3.05, 3.63) is 68.7 Å². The molecule has 0 aliphatic heterocycles. The number of nitro benzene ring substituents is 1. The van der Waals surface area contributed by atoms with Crippen molar-refractivity contribution in [2.75, 3.05) is 19.5 Å². The summed E-state index contributed by atoms with van der Waals surface area (Å²) in [7, 11) is 2.59. The van der Waals surface area contributed by atoms with E-state index < -0.39 is 16.8 Å². The number of carbonyl (C=O) groups is 2. The van der Waals surface area contributed by atoms with Crippen LogP contribution in [0.3, 0.4) is 0 Å². The highest BCUT2D eigenvalue weighted by Crippen LogP contribution is 2.31. The SMILES string of the molecule is COC(=O)c1cc(Cl)c(NC(=O)/C=C/c2cccc([N+](=O)[O-])c2)cc1OC. The fraction of sp³-hybridized carbons (Fsp3) is 0.111. The van der Waals surface area contributed by atoms with Gasteiger partial charge in [0.2, 0.25) is 5.91 Å². The highest BCUT2D eigenvalue weighted by atomic mass is 35.5. The molecule has 0 unspecified atom stereocenters. The van der Waals surface area contributed by atoms with Crippen LogP contribution in [0, 0.1) is 10.1 Å². The lowest BCUT2D eigenvalue weighted by atomic mass is 10.1. The van der Waals surface area contributed by atoms with Crippen molar-refractivity contribution in [2.45, 2.75) is 0 Å². The molecule has 0 atom stereocenters. The van der Waals surface area contributed by atoms with Crippen molar-refractivity contribution in [3.8, 4) is 5.75 Å². The first-order valence-corrected chi connectivity index (χ1v) is 7.93. The molecule has 0 saturated heterocycles. The molecule has 0 bridgehead atoms. The Hall–Kier alpha value is -3.39. The summed E-state index contributed by atoms with van der Waals surface area (Å²) < 4.78 is 9.76. The quantitative estimate of drug-likeness (QED) is 0.349. The molecule has 0 aliphatic carbocycles. The van der Waals surface area contributed by atoms with Gasteiger partial charge in [-0.2, -0.15) is 0 Å². The number of hydrogen-bond donors (Lipinski definition) is 1. The number of amides is 1. The zero-order valence-corrected chi connectivity index (χ0v) is 15.1. The van der Waals surface area contributed by atoms with Crippen molar-refractivity contribution in [3.63, 3.8) is 0 Å². The summed E-state index contributed by atoms with van der Waals surface area (Å²) >= 11 is 6.10. The van der Waals surface area contributed by atoms with E-state index in [4.69, 9.17) is 16.3 Å². The van der Waals surface area contributed by atoms with Gasteiger partial charge in [-0.1, -0.05) is 23.7 Å². The van der Waals surface area contributed by atoms with Gasteiger partial charge < -0.3 is 14.8 Å². The molecular weight excluding hydrogens is 376 g/mol. The number of carbonyl (C=O) groups excluding carboxylic acids is 2. The van der Waals surface area contributed by atoms with Gasteiger partial charge in [0.05, 0.1) is 29.9 Å². The minimum Gasteiger partial charge on any atom is -0.496 e. The molecule has 0 aromatic heterocycles. The first-order chi connectivity index (χ1) is 12.8. The number of halogens is 1. The standard InChI is InChI=1S/C18H15ClN2O6/c1-26-16-10-15(14(19)9-13(16)18(23)27-2)20-17(22)7-6-11-4-3-5-12(8-11)21(24)25/h3-10H,1-2H3,(H,20,22)/b7-6+. The van der Waals surface area contributed by atoms with Crippen LogP contribution in [0.4, 0.5) is 11.4 Å². The van der Waals surface area contributed by atoms with E-state index in [1.54, 1.807) is 6.07 Å². The summed E-state index contributed by atoms with van der Waals surface area (Å²) in [6, 6.07) is 8.55. The number of rotatable bonds is 6. The Balaban J connectivity index is 2.19. The second kappa shape index (κ2) is 8.81. The minimum absolute atomic E-state index is 0.0799. The van der Waals surface area contributed by atoms with Gasteiger partial charge in [-0.25, -0.2) is 4.79 Å². The summed E-state index contributed by atoms with van der Waals surface area (Å²) in [6.07, 6.45) is 2.63. The molecular formula is C18H15ClN2O6. The van der Waals surface area contributed by atoms with Crippen LogP contribution in [0.5, 0.6) is 5.75 Å². The Bertz CT molecular complexity index is 926. The van der Waals surface area contributed by atoms with E-state index in [0.717, 1.165) is 0 Å². The zero-order chi connectivity index (χ0) is 20.0. The summed E-state index contributed by atoms with van der Waals surface area (Å²) in [5.41, 5.74) is 0.762. The normalized spacial score (nSPS) is 10.5. The van der Waals surface area contributed by atoms with Gasteiger partial charge in [0.1, 0.15) is 11.3 Å². The van der Waals surface area contributed by atoms with Crippen LogP contribution in [0.1, 0.15) is 15.9 Å². The number of benzene rings is 2. The van der Waals surface area contributed by atoms with Crippen LogP contribution in [-0.4, -0.2) is 31.0 Å². The fourth-order valence-corrected chi connectivity index (χ4v) is 2.39. The van der Waals surface area contributed by atoms with Crippen molar-refractivity contribution in [1.82, 2.24) is 0 Å². The van der Waals surface area contributed by atoms with Crippen LogP contribution in [0.25, 0.3) is 6.08 Å². The van der Waals surface area contributed by atoms with Crippen LogP contribution in [-0.2, 0) is 9.53 Å². The van der Waals surface area contributed by atoms with Gasteiger partial charge in [0.25, 0.3) is 5.69 Å². The molecule has 1 amide bonds. The lowest BCUT2D eigenvalue weighted by molar-refractivity contribution is -0.384. The average Bonchev–Trinajstić information content (AvgIpc) is 2.67. The second-order valence-electron chi connectivity index (χ2n) is 5.20. The maximum atomic E-state index is 12.1. The second-order valence-corrected chi connectivity index (χ2v) is 5.61. The first-order valence-electron chi connectivity index (χ1n) is 7.55. The molecule has 0 spiro atoms. The maximum Gasteiger partial charge on any atom is 0.341 e. The number of methoxy groups -OCH3 is 2. The molecule has 2 aromatic carbocycles. The molecule has 2 aromatic rings. The Morgan fingerprint density at radius 1 is 1.22 bits per heavy atom. The first kappa shape index (κ1) is 19.9. The zero-order valence-electron chi connectivity index (χ0n) is 14.4. The summed E-state index contributed by atoms with van der Waals surface area (Å²) in [6.45, 7) is 0. The highest BCUT2D eigenvalue weighted by Gasteiger charge is 2.17. The van der Waals surface area contributed by atoms with Gasteiger partial charge in [-0.15, -0.1) is 0 Å². The highest BCUT2D eigenvalue weighted by molar-refractivity contribution is 6.34. The van der Waals surface area contributed by atoms with Gasteiger partial charge in [-0.3, -0.25) is 14.9 Å². The van der Waals surface area contributed by atoms with Crippen LogP contribution in [0.2, 0.25) is 5.02 Å². The monoisotopic (exact) mass is 390 g/mol. The van der Waals surface area contributed by atoms with Gasteiger partial charge in [0, 0.05) is 24.3 Å². The van der Waals surface area contributed by atoms with E-state index >= 15 is 0 Å². The summed E-state index contributed by atoms with van der Waals surface area (Å²) in [5, 5.41) is 13.4. The molecule has 9 heteroatoms. The molecule has 0 radical (unpaired) electrons. The number of esters is 1. The smallest absolute Gasteiger partial charge is 0.341 e. The van der Waals surface area contributed by atoms with Crippen molar-refractivity contribution >= 4 is 40.9 Å². The van der Waals surface area contributed by atoms with E-state index in [9.17, 15) is 19.7 Å². The van der Waals surface area contributed by atoms with Gasteiger partial charge >= 0.3 is 5.97 Å². The lowest BCUT2D eigenvalue weighted by Crippen LogP contribution is -2.10. The predicted molar refractivity (Wildman–Crippen MR) is 100 cm³/mol. The number of nitrogens with zero attached hydrogens (tertiary/aromatic N) is 1. The molecule has 140 valence electrons. The van der Waals surface area contributed by atoms with Crippen molar-refractivity contribution < 1.29 is 24.0 Å². The van der Waals surface area contributed by atoms with Gasteiger partial charge in [-0.05, 0) is 17.7 Å². The van der Waals surface area contributed by atoms with E-state index in [0.29, 0.717) is 5.56 Å². The maximum absolute atomic E-state index is 12.1. The Labute approximate surface area is 159 Å². The topological polar surface area (TPSA) is 108 Å². The van der Waals surface area contributed by atoms with Crippen molar-refractivity contribution in [2.24, 2.45) is 0 Å². The van der Waals surface area contributed by atoms with E-state index in [1.165, 1.54) is 56.7 Å². The van der Waals surface area contributed by atoms with E-state index in [2.05, 4.69) is 10.1 Å². The molecule has 1 N–H and O–H groups in total.